The molecular formula is C27H24O3. The van der Waals surface area contributed by atoms with Crippen LogP contribution in [0.5, 0.6) is 5.75 Å². The summed E-state index contributed by atoms with van der Waals surface area (Å²) in [6, 6.07) is 24.3. The maximum Gasteiger partial charge on any atom is 0.307 e. The van der Waals surface area contributed by atoms with E-state index in [1.165, 1.54) is 0 Å². The molecule has 1 aliphatic rings. The molecule has 0 saturated carbocycles. The number of carbonyl (C=O) groups is 1. The maximum atomic E-state index is 11.4. The van der Waals surface area contributed by atoms with E-state index >= 15 is 0 Å². The fourth-order valence-corrected chi connectivity index (χ4v) is 3.84. The number of hydrogen-bond donors (Lipinski definition) is 1. The van der Waals surface area contributed by atoms with Crippen LogP contribution in [-0.4, -0.2) is 11.1 Å². The second-order valence-corrected chi connectivity index (χ2v) is 7.62. The minimum Gasteiger partial charge on any atom is -0.489 e. The van der Waals surface area contributed by atoms with Crippen molar-refractivity contribution in [3.05, 3.63) is 106 Å². The van der Waals surface area contributed by atoms with E-state index in [4.69, 9.17) is 4.74 Å². The Morgan fingerprint density at radius 1 is 0.933 bits per heavy atom. The van der Waals surface area contributed by atoms with Crippen LogP contribution in [0.2, 0.25) is 0 Å². The normalized spacial score (nSPS) is 14.1. The molecule has 3 aromatic carbocycles. The van der Waals surface area contributed by atoms with Crippen molar-refractivity contribution < 1.29 is 14.6 Å². The summed E-state index contributed by atoms with van der Waals surface area (Å²) in [7, 11) is 0. The molecule has 0 atom stereocenters. The van der Waals surface area contributed by atoms with Gasteiger partial charge in [0.1, 0.15) is 12.4 Å². The first kappa shape index (κ1) is 19.7. The molecule has 0 spiro atoms. The topological polar surface area (TPSA) is 46.5 Å². The predicted octanol–water partition coefficient (Wildman–Crippen LogP) is 6.38. The van der Waals surface area contributed by atoms with Crippen LogP contribution in [0.3, 0.4) is 0 Å². The number of fused-ring (bicyclic) bond motifs is 1. The molecule has 1 N–H and O–H groups in total. The van der Waals surface area contributed by atoms with Crippen LogP contribution in [0.4, 0.5) is 0 Å². The molecule has 0 saturated heterocycles. The number of allylic oxidation sites excluding steroid dienone is 2. The monoisotopic (exact) mass is 396 g/mol. The molecule has 3 heteroatoms. The number of aliphatic carboxylic acids is 1. The number of carboxylic acids is 1. The summed E-state index contributed by atoms with van der Waals surface area (Å²) in [5.41, 5.74) is 8.46. The number of hydrogen-bond acceptors (Lipinski definition) is 2. The van der Waals surface area contributed by atoms with Crippen molar-refractivity contribution in [2.75, 3.05) is 0 Å². The predicted molar refractivity (Wildman–Crippen MR) is 121 cm³/mol. The minimum atomic E-state index is -0.807. The molecule has 0 aromatic heterocycles. The molecule has 150 valence electrons. The molecule has 3 nitrogen and oxygen atoms in total. The third kappa shape index (κ3) is 4.20. The van der Waals surface area contributed by atoms with Gasteiger partial charge in [0, 0.05) is 0 Å². The van der Waals surface area contributed by atoms with Gasteiger partial charge in [-0.25, -0.2) is 0 Å². The molecule has 0 unspecified atom stereocenters. The van der Waals surface area contributed by atoms with Crippen LogP contribution in [-0.2, 0) is 11.4 Å². The molecule has 0 fully saturated rings. The molecule has 30 heavy (non-hydrogen) atoms. The van der Waals surface area contributed by atoms with Gasteiger partial charge in [0.15, 0.2) is 0 Å². The zero-order valence-corrected chi connectivity index (χ0v) is 17.2. The lowest BCUT2D eigenvalue weighted by molar-refractivity contribution is -0.135. The Balaban J connectivity index is 1.59. The molecular weight excluding hydrogens is 372 g/mol. The highest BCUT2D eigenvalue weighted by Gasteiger charge is 2.25. The van der Waals surface area contributed by atoms with Crippen LogP contribution in [0.25, 0.3) is 17.2 Å². The Labute approximate surface area is 177 Å². The van der Waals surface area contributed by atoms with Gasteiger partial charge < -0.3 is 9.84 Å². The molecule has 0 bridgehead atoms. The lowest BCUT2D eigenvalue weighted by Gasteiger charge is -2.08. The third-order valence-electron chi connectivity index (χ3n) is 5.41. The Hall–Kier alpha value is -3.59. The summed E-state index contributed by atoms with van der Waals surface area (Å²) in [6.07, 6.45) is 2.16. The SMILES string of the molecule is CC1=C(CC(=O)O)c2cc(C)ccc2/C1=C\c1ccc(OCc2ccccc2)cc1. The Bertz CT molecular complexity index is 1140. The van der Waals surface area contributed by atoms with Crippen LogP contribution < -0.4 is 4.74 Å². The molecule has 0 radical (unpaired) electrons. The van der Waals surface area contributed by atoms with Gasteiger partial charge in [-0.2, -0.15) is 0 Å². The van der Waals surface area contributed by atoms with Crippen molar-refractivity contribution in [2.24, 2.45) is 0 Å². The highest BCUT2D eigenvalue weighted by atomic mass is 16.5. The quantitative estimate of drug-likeness (QED) is 0.526. The van der Waals surface area contributed by atoms with Gasteiger partial charge in [-0.05, 0) is 71.0 Å². The lowest BCUT2D eigenvalue weighted by atomic mass is 9.99. The molecule has 1 aliphatic carbocycles. The molecule has 0 amide bonds. The summed E-state index contributed by atoms with van der Waals surface area (Å²) >= 11 is 0. The molecule has 0 aliphatic heterocycles. The van der Waals surface area contributed by atoms with E-state index in [2.05, 4.69) is 24.3 Å². The van der Waals surface area contributed by atoms with Crippen LogP contribution in [0.1, 0.15) is 41.2 Å². The zero-order valence-electron chi connectivity index (χ0n) is 17.2. The first-order chi connectivity index (χ1) is 14.5. The smallest absolute Gasteiger partial charge is 0.307 e. The summed E-state index contributed by atoms with van der Waals surface area (Å²) in [6.45, 7) is 4.58. The number of carboxylic acid groups (broad SMARTS) is 1. The minimum absolute atomic E-state index is 0.0336. The van der Waals surface area contributed by atoms with E-state index in [1.54, 1.807) is 0 Å². The number of aryl methyl sites for hydroxylation is 1. The Morgan fingerprint density at radius 3 is 2.37 bits per heavy atom. The number of benzene rings is 3. The second-order valence-electron chi connectivity index (χ2n) is 7.62. The number of rotatable bonds is 6. The highest BCUT2D eigenvalue weighted by molar-refractivity contribution is 6.07. The highest BCUT2D eigenvalue weighted by Crippen LogP contribution is 2.43. The molecule has 3 aromatic rings. The summed E-state index contributed by atoms with van der Waals surface area (Å²) < 4.78 is 5.87. The van der Waals surface area contributed by atoms with Crippen molar-refractivity contribution in [3.63, 3.8) is 0 Å². The van der Waals surface area contributed by atoms with Crippen LogP contribution in [0, 0.1) is 6.92 Å². The van der Waals surface area contributed by atoms with Gasteiger partial charge in [-0.3, -0.25) is 4.79 Å². The summed E-state index contributed by atoms with van der Waals surface area (Å²) in [5.74, 6) is 0.0141. The van der Waals surface area contributed by atoms with Crippen LogP contribution in [0.15, 0.2) is 78.4 Å². The van der Waals surface area contributed by atoms with Gasteiger partial charge in [-0.15, -0.1) is 0 Å². The standard InChI is InChI=1S/C27H24O3/c1-18-8-13-23-24(19(2)25(16-27(28)29)26(23)14-18)15-20-9-11-22(12-10-20)30-17-21-6-4-3-5-7-21/h3-15H,16-17H2,1-2H3,(H,28,29)/b24-15-. The Morgan fingerprint density at radius 2 is 1.67 bits per heavy atom. The largest absolute Gasteiger partial charge is 0.489 e. The van der Waals surface area contributed by atoms with Crippen LogP contribution >= 0.6 is 0 Å². The van der Waals surface area contributed by atoms with Crippen molar-refractivity contribution in [2.45, 2.75) is 26.9 Å². The first-order valence-electron chi connectivity index (χ1n) is 10.0. The van der Waals surface area contributed by atoms with E-state index in [9.17, 15) is 9.90 Å². The first-order valence-corrected chi connectivity index (χ1v) is 10.0. The van der Waals surface area contributed by atoms with E-state index in [-0.39, 0.29) is 6.42 Å². The average Bonchev–Trinajstić information content (AvgIpc) is 2.99. The van der Waals surface area contributed by atoms with Crippen molar-refractivity contribution >= 4 is 23.2 Å². The average molecular weight is 396 g/mol. The third-order valence-corrected chi connectivity index (χ3v) is 5.41. The van der Waals surface area contributed by atoms with Gasteiger partial charge in [0.2, 0.25) is 0 Å². The van der Waals surface area contributed by atoms with Gasteiger partial charge in [0.05, 0.1) is 6.42 Å². The summed E-state index contributed by atoms with van der Waals surface area (Å²) in [4.78, 5) is 11.4. The van der Waals surface area contributed by atoms with E-state index in [0.29, 0.717) is 6.61 Å². The fourth-order valence-electron chi connectivity index (χ4n) is 3.84. The Kier molecular flexibility index (Phi) is 5.53. The molecule has 0 heterocycles. The van der Waals surface area contributed by atoms with Gasteiger partial charge in [0.25, 0.3) is 0 Å². The molecule has 4 rings (SSSR count). The maximum absolute atomic E-state index is 11.4. The van der Waals surface area contributed by atoms with Crippen molar-refractivity contribution in [1.82, 2.24) is 0 Å². The summed E-state index contributed by atoms with van der Waals surface area (Å²) in [5, 5.41) is 9.36. The van der Waals surface area contributed by atoms with Crippen molar-refractivity contribution in [3.8, 4) is 5.75 Å². The van der Waals surface area contributed by atoms with Gasteiger partial charge >= 0.3 is 5.97 Å². The van der Waals surface area contributed by atoms with Crippen molar-refractivity contribution in [1.29, 1.82) is 0 Å². The fraction of sp³-hybridized carbons (Fsp3) is 0.148. The number of ether oxygens (including phenoxy) is 1. The zero-order chi connectivity index (χ0) is 21.1. The second kappa shape index (κ2) is 8.42. The lowest BCUT2D eigenvalue weighted by Crippen LogP contribution is -1.97. The van der Waals surface area contributed by atoms with E-state index in [1.807, 2.05) is 68.4 Å². The van der Waals surface area contributed by atoms with E-state index < -0.39 is 5.97 Å². The van der Waals surface area contributed by atoms with Gasteiger partial charge in [-0.1, -0.05) is 66.2 Å². The van der Waals surface area contributed by atoms with E-state index in [0.717, 1.165) is 50.3 Å².